The van der Waals surface area contributed by atoms with E-state index in [1.165, 1.54) is 38.5 Å². The van der Waals surface area contributed by atoms with Crippen LogP contribution in [0.2, 0.25) is 0 Å². The zero-order valence-corrected chi connectivity index (χ0v) is 24.2. The second-order valence-corrected chi connectivity index (χ2v) is 11.1. The summed E-state index contributed by atoms with van der Waals surface area (Å²) in [6.07, 6.45) is 9.62. The lowest BCUT2D eigenvalue weighted by Gasteiger charge is -2.19. The van der Waals surface area contributed by atoms with Gasteiger partial charge in [0.05, 0.1) is 12.7 Å². The summed E-state index contributed by atoms with van der Waals surface area (Å²) in [5.74, 6) is 0.639. The summed E-state index contributed by atoms with van der Waals surface area (Å²) in [7, 11) is 0. The number of carbonyl (C=O) groups is 1. The van der Waals surface area contributed by atoms with Crippen molar-refractivity contribution in [3.05, 3.63) is 65.2 Å². The monoisotopic (exact) mass is 542 g/mol. The third-order valence-electron chi connectivity index (χ3n) is 6.41. The molecule has 0 spiro atoms. The Morgan fingerprint density at radius 1 is 0.872 bits per heavy atom. The molecule has 2 aromatic carbocycles. The normalized spacial score (nSPS) is 12.2. The summed E-state index contributed by atoms with van der Waals surface area (Å²) in [5, 5.41) is 26.5. The maximum Gasteiger partial charge on any atom is 0.407 e. The molecule has 0 heterocycles. The Balaban J connectivity index is 1.47. The Bertz CT molecular complexity index is 930. The maximum atomic E-state index is 11.6. The first kappa shape index (κ1) is 32.6. The number of carbonyl (C=O) groups excluding carboxylic acids is 1. The van der Waals surface area contributed by atoms with Crippen molar-refractivity contribution in [3.63, 3.8) is 0 Å². The van der Waals surface area contributed by atoms with Gasteiger partial charge in [-0.2, -0.15) is 0 Å². The molecule has 0 aliphatic rings. The predicted molar refractivity (Wildman–Crippen MR) is 157 cm³/mol. The fraction of sp³-hybridized carbons (Fsp3) is 0.594. The molecule has 7 heteroatoms. The second-order valence-electron chi connectivity index (χ2n) is 11.1. The van der Waals surface area contributed by atoms with Crippen molar-refractivity contribution >= 4 is 6.09 Å². The summed E-state index contributed by atoms with van der Waals surface area (Å²) in [6.45, 7) is 7.95. The summed E-state index contributed by atoms with van der Waals surface area (Å²) >= 11 is 0. The number of aliphatic hydroxyl groups is 2. The molecule has 1 atom stereocenters. The highest BCUT2D eigenvalue weighted by Gasteiger charge is 2.15. The van der Waals surface area contributed by atoms with E-state index in [9.17, 15) is 15.0 Å². The molecule has 0 fully saturated rings. The summed E-state index contributed by atoms with van der Waals surface area (Å²) in [5.41, 5.74) is 2.08. The minimum absolute atomic E-state index is 0.135. The van der Waals surface area contributed by atoms with Crippen LogP contribution in [0.5, 0.6) is 5.75 Å². The van der Waals surface area contributed by atoms with Gasteiger partial charge in [-0.3, -0.25) is 0 Å². The van der Waals surface area contributed by atoms with Gasteiger partial charge in [0.15, 0.2) is 0 Å². The molecule has 7 nitrogen and oxygen atoms in total. The molecule has 1 amide bonds. The van der Waals surface area contributed by atoms with Crippen molar-refractivity contribution in [2.45, 2.75) is 103 Å². The van der Waals surface area contributed by atoms with Crippen molar-refractivity contribution in [2.75, 3.05) is 19.6 Å². The molecular formula is C32H50N2O5. The fourth-order valence-corrected chi connectivity index (χ4v) is 4.28. The lowest BCUT2D eigenvalue weighted by Crippen LogP contribution is -2.32. The van der Waals surface area contributed by atoms with E-state index in [4.69, 9.17) is 9.47 Å². The lowest BCUT2D eigenvalue weighted by molar-refractivity contribution is 0.0527. The highest BCUT2D eigenvalue weighted by Crippen LogP contribution is 2.24. The smallest absolute Gasteiger partial charge is 0.407 e. The van der Waals surface area contributed by atoms with E-state index in [2.05, 4.69) is 10.6 Å². The first-order valence-corrected chi connectivity index (χ1v) is 14.5. The molecule has 39 heavy (non-hydrogen) atoms. The number of rotatable bonds is 19. The number of benzene rings is 2. The fourth-order valence-electron chi connectivity index (χ4n) is 4.28. The van der Waals surface area contributed by atoms with Crippen LogP contribution in [0.3, 0.4) is 0 Å². The molecule has 218 valence electrons. The number of unbranched alkanes of at least 4 members (excludes halogenated alkanes) is 8. The minimum Gasteiger partial charge on any atom is -0.489 e. The summed E-state index contributed by atoms with van der Waals surface area (Å²) in [4.78, 5) is 11.6. The van der Waals surface area contributed by atoms with E-state index in [1.807, 2.05) is 69.3 Å². The van der Waals surface area contributed by atoms with E-state index in [0.29, 0.717) is 31.0 Å². The van der Waals surface area contributed by atoms with Gasteiger partial charge in [-0.1, -0.05) is 81.3 Å². The van der Waals surface area contributed by atoms with Crippen molar-refractivity contribution in [3.8, 4) is 5.75 Å². The molecule has 0 saturated heterocycles. The minimum atomic E-state index is -0.627. The third kappa shape index (κ3) is 14.9. The Kier molecular flexibility index (Phi) is 15.6. The SMILES string of the molecule is CC(C)(C)OC(=O)NCCCCCCCCCCCNC[C@H](O)c1ccc(OCc2ccccc2)c(CO)c1. The van der Waals surface area contributed by atoms with Gasteiger partial charge in [0.25, 0.3) is 0 Å². The number of alkyl carbamates (subject to hydrolysis) is 1. The van der Waals surface area contributed by atoms with Crippen LogP contribution in [0.4, 0.5) is 4.79 Å². The van der Waals surface area contributed by atoms with Crippen LogP contribution in [0, 0.1) is 0 Å². The van der Waals surface area contributed by atoms with E-state index < -0.39 is 11.7 Å². The second kappa shape index (κ2) is 18.6. The van der Waals surface area contributed by atoms with Crippen molar-refractivity contribution in [1.82, 2.24) is 10.6 Å². The zero-order chi connectivity index (χ0) is 28.3. The van der Waals surface area contributed by atoms with E-state index in [-0.39, 0.29) is 12.7 Å². The standard InChI is InChI=1S/C32H50N2O5/c1-32(2,3)39-31(37)34-21-15-10-8-6-4-5-7-9-14-20-33-23-29(36)27-18-19-30(28(22-27)24-35)38-25-26-16-12-11-13-17-26/h11-13,16-19,22,29,33,35-36H,4-10,14-15,20-21,23-25H2,1-3H3,(H,34,37)/t29-/m0/s1. The van der Waals surface area contributed by atoms with Crippen LogP contribution in [0.15, 0.2) is 48.5 Å². The number of amides is 1. The van der Waals surface area contributed by atoms with Gasteiger partial charge >= 0.3 is 6.09 Å². The number of aliphatic hydroxyl groups excluding tert-OH is 2. The molecular weight excluding hydrogens is 492 g/mol. The van der Waals surface area contributed by atoms with Crippen LogP contribution in [-0.2, 0) is 18.0 Å². The predicted octanol–water partition coefficient (Wildman–Crippen LogP) is 6.42. The van der Waals surface area contributed by atoms with Crippen molar-refractivity contribution in [2.24, 2.45) is 0 Å². The average Bonchev–Trinajstić information content (AvgIpc) is 2.91. The molecule has 4 N–H and O–H groups in total. The quantitative estimate of drug-likeness (QED) is 0.153. The number of ether oxygens (including phenoxy) is 2. The Hall–Kier alpha value is -2.61. The highest BCUT2D eigenvalue weighted by molar-refractivity contribution is 5.67. The Morgan fingerprint density at radius 3 is 2.10 bits per heavy atom. The number of hydrogen-bond acceptors (Lipinski definition) is 6. The van der Waals surface area contributed by atoms with E-state index in [1.54, 1.807) is 0 Å². The largest absolute Gasteiger partial charge is 0.489 e. The summed E-state index contributed by atoms with van der Waals surface area (Å²) < 4.78 is 11.1. The summed E-state index contributed by atoms with van der Waals surface area (Å²) in [6, 6.07) is 15.4. The molecule has 0 saturated carbocycles. The molecule has 2 aromatic rings. The molecule has 0 unspecified atom stereocenters. The number of hydrogen-bond donors (Lipinski definition) is 4. The van der Waals surface area contributed by atoms with Crippen LogP contribution in [0.25, 0.3) is 0 Å². The van der Waals surface area contributed by atoms with Crippen molar-refractivity contribution in [1.29, 1.82) is 0 Å². The number of nitrogens with one attached hydrogen (secondary N) is 2. The zero-order valence-electron chi connectivity index (χ0n) is 24.2. The maximum absolute atomic E-state index is 11.6. The van der Waals surface area contributed by atoms with Gasteiger partial charge in [-0.15, -0.1) is 0 Å². The van der Waals surface area contributed by atoms with Gasteiger partial charge in [0.1, 0.15) is 18.0 Å². The first-order valence-electron chi connectivity index (χ1n) is 14.5. The molecule has 0 radical (unpaired) electrons. The molecule has 0 aliphatic carbocycles. The Morgan fingerprint density at radius 2 is 1.49 bits per heavy atom. The lowest BCUT2D eigenvalue weighted by atomic mass is 10.0. The van der Waals surface area contributed by atoms with E-state index in [0.717, 1.165) is 36.9 Å². The average molecular weight is 543 g/mol. The van der Waals surface area contributed by atoms with Crippen LogP contribution >= 0.6 is 0 Å². The van der Waals surface area contributed by atoms with Crippen molar-refractivity contribution < 1.29 is 24.5 Å². The topological polar surface area (TPSA) is 100 Å². The van der Waals surface area contributed by atoms with Gasteiger partial charge in [-0.25, -0.2) is 4.79 Å². The molecule has 0 bridgehead atoms. The van der Waals surface area contributed by atoms with E-state index >= 15 is 0 Å². The van der Waals surface area contributed by atoms with Crippen LogP contribution < -0.4 is 15.4 Å². The molecule has 2 rings (SSSR count). The van der Waals surface area contributed by atoms with Gasteiger partial charge in [0.2, 0.25) is 0 Å². The van der Waals surface area contributed by atoms with Gasteiger partial charge < -0.3 is 30.3 Å². The van der Waals surface area contributed by atoms with Crippen LogP contribution in [-0.4, -0.2) is 41.5 Å². The molecule has 0 aromatic heterocycles. The first-order chi connectivity index (χ1) is 18.8. The third-order valence-corrected chi connectivity index (χ3v) is 6.41. The Labute approximate surface area is 235 Å². The van der Waals surface area contributed by atoms with Crippen LogP contribution in [0.1, 0.15) is 101 Å². The van der Waals surface area contributed by atoms with Gasteiger partial charge in [0, 0.05) is 18.7 Å². The van der Waals surface area contributed by atoms with Gasteiger partial charge in [-0.05, 0) is 63.4 Å². The highest BCUT2D eigenvalue weighted by atomic mass is 16.6. The molecule has 0 aliphatic heterocycles.